The molecule has 2 aromatic rings. The Morgan fingerprint density at radius 3 is 2.34 bits per heavy atom. The molecule has 0 saturated carbocycles. The van der Waals surface area contributed by atoms with Gasteiger partial charge in [0.25, 0.3) is 0 Å². The molecule has 2 atom stereocenters. The highest BCUT2D eigenvalue weighted by atomic mass is 35.5. The lowest BCUT2D eigenvalue weighted by Gasteiger charge is -2.36. The van der Waals surface area contributed by atoms with E-state index in [4.69, 9.17) is 28.3 Å². The van der Waals surface area contributed by atoms with Crippen molar-refractivity contribution in [3.05, 3.63) is 69.0 Å². The number of likely N-dealkylation sites (N-methyl/N-ethyl adjacent to an activating group) is 1. The van der Waals surface area contributed by atoms with Gasteiger partial charge in [0, 0.05) is 64.3 Å². The molecule has 4 rings (SSSR count). The first-order chi connectivity index (χ1) is 18.0. The second-order valence-corrected chi connectivity index (χ2v) is 10.6. The van der Waals surface area contributed by atoms with Gasteiger partial charge in [0.15, 0.2) is 0 Å². The van der Waals surface area contributed by atoms with Crippen LogP contribution in [0.15, 0.2) is 36.4 Å². The molecule has 38 heavy (non-hydrogen) atoms. The molecule has 2 unspecified atom stereocenters. The Balaban J connectivity index is 1.53. The van der Waals surface area contributed by atoms with Crippen molar-refractivity contribution >= 4 is 29.2 Å². The minimum absolute atomic E-state index is 0.0717. The first-order valence-electron chi connectivity index (χ1n) is 12.4. The van der Waals surface area contributed by atoms with Crippen LogP contribution in [0, 0.1) is 5.82 Å². The van der Waals surface area contributed by atoms with Crippen LogP contribution in [0.1, 0.15) is 22.6 Å². The van der Waals surface area contributed by atoms with Crippen LogP contribution in [0.4, 0.5) is 22.4 Å². The molecular formula is C26H30Cl2F4N4O2. The molecule has 2 aliphatic heterocycles. The molecule has 12 heteroatoms. The zero-order valence-electron chi connectivity index (χ0n) is 20.9. The molecule has 208 valence electrons. The van der Waals surface area contributed by atoms with Gasteiger partial charge in [0.1, 0.15) is 5.82 Å². The van der Waals surface area contributed by atoms with Gasteiger partial charge in [0.05, 0.1) is 22.2 Å². The fraction of sp³-hybridized carbons (Fsp3) is 0.500. The number of likely N-dealkylation sites (tertiary alicyclic amines) is 1. The fourth-order valence-electron chi connectivity index (χ4n) is 5.26. The number of rotatable bonds is 6. The zero-order valence-corrected chi connectivity index (χ0v) is 22.4. The Morgan fingerprint density at radius 2 is 1.74 bits per heavy atom. The summed E-state index contributed by atoms with van der Waals surface area (Å²) in [4.78, 5) is 21.0. The van der Waals surface area contributed by atoms with E-state index in [9.17, 15) is 22.4 Å². The summed E-state index contributed by atoms with van der Waals surface area (Å²) in [7, 11) is 1.81. The maximum absolute atomic E-state index is 14.2. The standard InChI is InChI=1S/C26H30Cl2F4N4O2/c1-33(14-17-2-4-20(23(29)12-17)26(30,31)32)24-16-36(15-19(24)18-3-5-21(27)22(28)13-18)25(38)35-8-6-34(7-9-35)10-11-37/h2-5,12-13,19,24,37H,6-11,14-16H2,1H3. The molecule has 0 bridgehead atoms. The van der Waals surface area contributed by atoms with Crippen LogP contribution in [0.5, 0.6) is 0 Å². The minimum Gasteiger partial charge on any atom is -0.395 e. The van der Waals surface area contributed by atoms with Crippen LogP contribution < -0.4 is 0 Å². The monoisotopic (exact) mass is 576 g/mol. The van der Waals surface area contributed by atoms with Crippen molar-refractivity contribution in [2.24, 2.45) is 0 Å². The van der Waals surface area contributed by atoms with Gasteiger partial charge >= 0.3 is 12.2 Å². The second-order valence-electron chi connectivity index (χ2n) is 9.81. The number of urea groups is 1. The van der Waals surface area contributed by atoms with Crippen molar-refractivity contribution in [1.29, 1.82) is 0 Å². The topological polar surface area (TPSA) is 50.3 Å². The highest BCUT2D eigenvalue weighted by Crippen LogP contribution is 2.36. The molecule has 1 N–H and O–H groups in total. The number of alkyl halides is 3. The number of carbonyl (C=O) groups is 1. The van der Waals surface area contributed by atoms with Gasteiger partial charge in [-0.15, -0.1) is 0 Å². The van der Waals surface area contributed by atoms with Gasteiger partial charge in [-0.05, 0) is 42.4 Å². The normalized spacial score (nSPS) is 21.0. The highest BCUT2D eigenvalue weighted by Gasteiger charge is 2.40. The fourth-order valence-corrected chi connectivity index (χ4v) is 5.56. The Bertz CT molecular complexity index is 1140. The Labute approximate surface area is 229 Å². The highest BCUT2D eigenvalue weighted by molar-refractivity contribution is 6.42. The number of amides is 2. The van der Waals surface area contributed by atoms with Crippen molar-refractivity contribution in [3.63, 3.8) is 0 Å². The predicted molar refractivity (Wildman–Crippen MR) is 138 cm³/mol. The van der Waals surface area contributed by atoms with Crippen LogP contribution in [-0.2, 0) is 12.7 Å². The maximum Gasteiger partial charge on any atom is 0.419 e. The number of benzene rings is 2. The first-order valence-corrected chi connectivity index (χ1v) is 13.1. The van der Waals surface area contributed by atoms with E-state index < -0.39 is 17.6 Å². The van der Waals surface area contributed by atoms with Crippen molar-refractivity contribution < 1.29 is 27.5 Å². The average Bonchev–Trinajstić information content (AvgIpc) is 3.31. The van der Waals surface area contributed by atoms with Crippen LogP contribution >= 0.6 is 23.2 Å². The van der Waals surface area contributed by atoms with Crippen LogP contribution in [0.25, 0.3) is 0 Å². The predicted octanol–water partition coefficient (Wildman–Crippen LogP) is 4.78. The Hall–Kier alpha value is -2.11. The number of hydrogen-bond donors (Lipinski definition) is 1. The van der Waals surface area contributed by atoms with Crippen LogP contribution in [0.2, 0.25) is 10.0 Å². The lowest BCUT2D eigenvalue weighted by atomic mass is 9.93. The van der Waals surface area contributed by atoms with Crippen molar-refractivity contribution in [2.75, 3.05) is 59.5 Å². The van der Waals surface area contributed by atoms with E-state index in [-0.39, 0.29) is 31.1 Å². The Kier molecular flexibility index (Phi) is 9.09. The molecule has 2 saturated heterocycles. The van der Waals surface area contributed by atoms with E-state index in [0.717, 1.165) is 17.7 Å². The van der Waals surface area contributed by atoms with E-state index >= 15 is 0 Å². The third-order valence-corrected chi connectivity index (χ3v) is 8.07. The summed E-state index contributed by atoms with van der Waals surface area (Å²) in [6.07, 6.45) is -4.76. The van der Waals surface area contributed by atoms with E-state index in [2.05, 4.69) is 4.90 Å². The van der Waals surface area contributed by atoms with Gasteiger partial charge in [-0.25, -0.2) is 9.18 Å². The molecule has 0 aliphatic carbocycles. The number of aliphatic hydroxyl groups is 1. The van der Waals surface area contributed by atoms with Crippen molar-refractivity contribution in [2.45, 2.75) is 24.7 Å². The van der Waals surface area contributed by atoms with E-state index in [1.807, 2.05) is 18.0 Å². The molecule has 6 nitrogen and oxygen atoms in total. The van der Waals surface area contributed by atoms with Crippen LogP contribution in [-0.4, -0.2) is 96.2 Å². The van der Waals surface area contributed by atoms with Gasteiger partial charge in [-0.2, -0.15) is 13.2 Å². The quantitative estimate of drug-likeness (QED) is 0.503. The van der Waals surface area contributed by atoms with E-state index in [1.165, 1.54) is 6.07 Å². The molecule has 2 amide bonds. The SMILES string of the molecule is CN(Cc1ccc(C(F)(F)F)c(F)c1)C1CN(C(=O)N2CCN(CCO)CC2)CC1c1ccc(Cl)c(Cl)c1. The molecule has 0 spiro atoms. The largest absolute Gasteiger partial charge is 0.419 e. The number of piperazine rings is 1. The van der Waals surface area contributed by atoms with Crippen molar-refractivity contribution in [3.8, 4) is 0 Å². The summed E-state index contributed by atoms with van der Waals surface area (Å²) < 4.78 is 53.2. The second kappa shape index (κ2) is 12.0. The number of aliphatic hydroxyl groups excluding tert-OH is 1. The molecule has 2 fully saturated rings. The van der Waals surface area contributed by atoms with Crippen molar-refractivity contribution in [1.82, 2.24) is 19.6 Å². The lowest BCUT2D eigenvalue weighted by molar-refractivity contribution is -0.140. The summed E-state index contributed by atoms with van der Waals surface area (Å²) in [5, 5.41) is 9.97. The smallest absolute Gasteiger partial charge is 0.395 e. The van der Waals surface area contributed by atoms with E-state index in [0.29, 0.717) is 61.4 Å². The summed E-state index contributed by atoms with van der Waals surface area (Å²) in [5.41, 5.74) is -0.0112. The van der Waals surface area contributed by atoms with Gasteiger partial charge < -0.3 is 14.9 Å². The zero-order chi connectivity index (χ0) is 27.6. The lowest BCUT2D eigenvalue weighted by Crippen LogP contribution is -2.53. The van der Waals surface area contributed by atoms with Gasteiger partial charge in [-0.3, -0.25) is 9.80 Å². The third kappa shape index (κ3) is 6.54. The number of β-amino-alcohol motifs (C(OH)–C–C–N with tert-alkyl or cyclic N) is 1. The molecule has 2 heterocycles. The van der Waals surface area contributed by atoms with E-state index in [1.54, 1.807) is 21.9 Å². The number of carbonyl (C=O) groups excluding carboxylic acids is 1. The molecule has 0 radical (unpaired) electrons. The summed E-state index contributed by atoms with van der Waals surface area (Å²) in [5.74, 6) is -1.46. The molecule has 2 aromatic carbocycles. The molecular weight excluding hydrogens is 547 g/mol. The van der Waals surface area contributed by atoms with Gasteiger partial charge in [0.2, 0.25) is 0 Å². The molecule has 0 aromatic heterocycles. The number of halogens is 6. The summed E-state index contributed by atoms with van der Waals surface area (Å²) in [6.45, 7) is 4.11. The summed E-state index contributed by atoms with van der Waals surface area (Å²) >= 11 is 12.4. The Morgan fingerprint density at radius 1 is 1.03 bits per heavy atom. The first kappa shape index (κ1) is 28.9. The maximum atomic E-state index is 14.2. The third-order valence-electron chi connectivity index (χ3n) is 7.33. The van der Waals surface area contributed by atoms with Crippen LogP contribution in [0.3, 0.4) is 0 Å². The summed E-state index contributed by atoms with van der Waals surface area (Å²) in [6, 6.07) is 8.00. The minimum atomic E-state index is -4.76. The number of nitrogens with zero attached hydrogens (tertiary/aromatic N) is 4. The van der Waals surface area contributed by atoms with Gasteiger partial charge in [-0.1, -0.05) is 35.3 Å². The number of hydrogen-bond acceptors (Lipinski definition) is 4. The average molecular weight is 577 g/mol. The molecule has 2 aliphatic rings.